The van der Waals surface area contributed by atoms with Gasteiger partial charge < -0.3 is 20.3 Å². The molecule has 8 heteroatoms. The summed E-state index contributed by atoms with van der Waals surface area (Å²) in [5.41, 5.74) is 0. The van der Waals surface area contributed by atoms with Gasteiger partial charge in [0.2, 0.25) is 5.91 Å². The number of esters is 1. The van der Waals surface area contributed by atoms with Crippen LogP contribution in [0, 0.1) is 5.92 Å². The van der Waals surface area contributed by atoms with Crippen molar-refractivity contribution >= 4 is 41.8 Å². The van der Waals surface area contributed by atoms with Crippen molar-refractivity contribution in [3.05, 3.63) is 0 Å². The number of rotatable bonds is 6. The standard InChI is InChI=1S/C19H34N4O3.HI/c1-3-26-18(25)15-10-13-23(14-11-15)19(20-2)21-12-9-17(24)22-16-7-5-4-6-8-16;/h15-16H,3-14H2,1-2H3,(H,20,21)(H,22,24);1H. The number of amides is 1. The van der Waals surface area contributed by atoms with Crippen LogP contribution in [0.5, 0.6) is 0 Å². The van der Waals surface area contributed by atoms with Gasteiger partial charge in [0.25, 0.3) is 0 Å². The van der Waals surface area contributed by atoms with E-state index in [4.69, 9.17) is 4.74 Å². The normalized spacial score (nSPS) is 19.2. The largest absolute Gasteiger partial charge is 0.466 e. The Bertz CT molecular complexity index is 487. The summed E-state index contributed by atoms with van der Waals surface area (Å²) in [4.78, 5) is 30.4. The number of piperidine rings is 1. The van der Waals surface area contributed by atoms with E-state index in [2.05, 4.69) is 20.5 Å². The molecule has 2 fully saturated rings. The fourth-order valence-corrected chi connectivity index (χ4v) is 3.75. The van der Waals surface area contributed by atoms with E-state index in [1.807, 2.05) is 6.92 Å². The van der Waals surface area contributed by atoms with Crippen LogP contribution in [0.2, 0.25) is 0 Å². The number of nitrogens with zero attached hydrogens (tertiary/aromatic N) is 2. The van der Waals surface area contributed by atoms with Gasteiger partial charge in [-0.15, -0.1) is 24.0 Å². The maximum Gasteiger partial charge on any atom is 0.309 e. The van der Waals surface area contributed by atoms with E-state index < -0.39 is 0 Å². The van der Waals surface area contributed by atoms with Crippen LogP contribution >= 0.6 is 24.0 Å². The van der Waals surface area contributed by atoms with Crippen molar-refractivity contribution in [1.82, 2.24) is 15.5 Å². The Morgan fingerprint density at radius 2 is 1.78 bits per heavy atom. The van der Waals surface area contributed by atoms with Crippen molar-refractivity contribution in [1.29, 1.82) is 0 Å². The van der Waals surface area contributed by atoms with Crippen LogP contribution in [0.4, 0.5) is 0 Å². The zero-order chi connectivity index (χ0) is 18.8. The molecule has 0 bridgehead atoms. The third kappa shape index (κ3) is 8.23. The molecular weight excluding hydrogens is 459 g/mol. The number of ether oxygens (including phenoxy) is 1. The summed E-state index contributed by atoms with van der Waals surface area (Å²) in [5.74, 6) is 0.818. The van der Waals surface area contributed by atoms with Gasteiger partial charge in [0.15, 0.2) is 5.96 Å². The first-order valence-corrected chi connectivity index (χ1v) is 10.1. The third-order valence-corrected chi connectivity index (χ3v) is 5.23. The van der Waals surface area contributed by atoms with Gasteiger partial charge in [-0.2, -0.15) is 0 Å². The highest BCUT2D eigenvalue weighted by atomic mass is 127. The minimum Gasteiger partial charge on any atom is -0.466 e. The number of hydrogen-bond acceptors (Lipinski definition) is 4. The predicted octanol–water partition coefficient (Wildman–Crippen LogP) is 2.29. The molecule has 0 spiro atoms. The second-order valence-corrected chi connectivity index (χ2v) is 7.14. The van der Waals surface area contributed by atoms with Gasteiger partial charge in [0.05, 0.1) is 12.5 Å². The minimum absolute atomic E-state index is 0. The molecule has 0 aromatic heterocycles. The zero-order valence-electron chi connectivity index (χ0n) is 16.7. The molecule has 1 amide bonds. The molecule has 0 aromatic rings. The average molecular weight is 494 g/mol. The lowest BCUT2D eigenvalue weighted by Crippen LogP contribution is -2.47. The first-order chi connectivity index (χ1) is 12.6. The SMILES string of the molecule is CCOC(=O)C1CCN(C(=NC)NCCC(=O)NC2CCCCC2)CC1.I. The molecule has 0 atom stereocenters. The van der Waals surface area contributed by atoms with Crippen molar-refractivity contribution in [2.75, 3.05) is 33.3 Å². The first kappa shape index (κ1) is 24.0. The van der Waals surface area contributed by atoms with Crippen molar-refractivity contribution in [3.63, 3.8) is 0 Å². The maximum absolute atomic E-state index is 12.1. The van der Waals surface area contributed by atoms with E-state index in [1.54, 1.807) is 7.05 Å². The van der Waals surface area contributed by atoms with E-state index >= 15 is 0 Å². The third-order valence-electron chi connectivity index (χ3n) is 5.23. The van der Waals surface area contributed by atoms with Crippen molar-refractivity contribution in [2.45, 2.75) is 64.3 Å². The number of carbonyl (C=O) groups excluding carboxylic acids is 2. The summed E-state index contributed by atoms with van der Waals surface area (Å²) in [6.07, 6.45) is 7.96. The van der Waals surface area contributed by atoms with Gasteiger partial charge in [-0.05, 0) is 32.6 Å². The van der Waals surface area contributed by atoms with Crippen LogP contribution in [0.15, 0.2) is 4.99 Å². The van der Waals surface area contributed by atoms with Gasteiger partial charge in [-0.1, -0.05) is 19.3 Å². The molecule has 0 aromatic carbocycles. The Kier molecular flexibility index (Phi) is 11.7. The summed E-state index contributed by atoms with van der Waals surface area (Å²) in [6.45, 7) is 4.40. The second-order valence-electron chi connectivity index (χ2n) is 7.14. The maximum atomic E-state index is 12.1. The van der Waals surface area contributed by atoms with Crippen LogP contribution in [0.25, 0.3) is 0 Å². The van der Waals surface area contributed by atoms with Crippen molar-refractivity contribution in [2.24, 2.45) is 10.9 Å². The highest BCUT2D eigenvalue weighted by Crippen LogP contribution is 2.19. The zero-order valence-corrected chi connectivity index (χ0v) is 19.0. The van der Waals surface area contributed by atoms with E-state index in [0.29, 0.717) is 25.6 Å². The van der Waals surface area contributed by atoms with Gasteiger partial charge in [0, 0.05) is 39.1 Å². The van der Waals surface area contributed by atoms with Crippen LogP contribution in [0.1, 0.15) is 58.3 Å². The number of aliphatic imine (C=N–C) groups is 1. The number of nitrogens with one attached hydrogen (secondary N) is 2. The average Bonchev–Trinajstić information content (AvgIpc) is 2.66. The van der Waals surface area contributed by atoms with Gasteiger partial charge in [-0.3, -0.25) is 14.6 Å². The Morgan fingerprint density at radius 1 is 1.11 bits per heavy atom. The Labute approximate surface area is 180 Å². The minimum atomic E-state index is -0.0884. The lowest BCUT2D eigenvalue weighted by molar-refractivity contribution is -0.149. The summed E-state index contributed by atoms with van der Waals surface area (Å²) in [5, 5.41) is 6.41. The van der Waals surface area contributed by atoms with E-state index in [9.17, 15) is 9.59 Å². The monoisotopic (exact) mass is 494 g/mol. The first-order valence-electron chi connectivity index (χ1n) is 10.1. The Morgan fingerprint density at radius 3 is 2.37 bits per heavy atom. The van der Waals surface area contributed by atoms with E-state index in [1.165, 1.54) is 19.3 Å². The topological polar surface area (TPSA) is 83.0 Å². The number of hydrogen-bond donors (Lipinski definition) is 2. The molecule has 2 N–H and O–H groups in total. The fraction of sp³-hybridized carbons (Fsp3) is 0.842. The lowest BCUT2D eigenvalue weighted by Gasteiger charge is -2.33. The molecule has 1 saturated heterocycles. The fourth-order valence-electron chi connectivity index (χ4n) is 3.75. The van der Waals surface area contributed by atoms with E-state index in [0.717, 1.165) is 44.7 Å². The van der Waals surface area contributed by atoms with Gasteiger partial charge in [-0.25, -0.2) is 0 Å². The smallest absolute Gasteiger partial charge is 0.309 e. The summed E-state index contributed by atoms with van der Waals surface area (Å²) in [6, 6.07) is 0.359. The van der Waals surface area contributed by atoms with Crippen molar-refractivity contribution in [3.8, 4) is 0 Å². The van der Waals surface area contributed by atoms with Crippen LogP contribution in [-0.4, -0.2) is 62.1 Å². The molecule has 2 rings (SSSR count). The molecule has 7 nitrogen and oxygen atoms in total. The molecule has 1 aliphatic carbocycles. The molecule has 1 aliphatic heterocycles. The highest BCUT2D eigenvalue weighted by Gasteiger charge is 2.27. The van der Waals surface area contributed by atoms with Gasteiger partial charge >= 0.3 is 5.97 Å². The predicted molar refractivity (Wildman–Crippen MR) is 117 cm³/mol. The summed E-state index contributed by atoms with van der Waals surface area (Å²) >= 11 is 0. The molecule has 27 heavy (non-hydrogen) atoms. The molecule has 1 heterocycles. The Balaban J connectivity index is 0.00000364. The highest BCUT2D eigenvalue weighted by molar-refractivity contribution is 14.0. The van der Waals surface area contributed by atoms with Crippen LogP contribution < -0.4 is 10.6 Å². The van der Waals surface area contributed by atoms with E-state index in [-0.39, 0.29) is 41.8 Å². The molecule has 0 radical (unpaired) electrons. The number of likely N-dealkylation sites (tertiary alicyclic amines) is 1. The second kappa shape index (κ2) is 13.2. The molecule has 1 saturated carbocycles. The number of halogens is 1. The Hall–Kier alpha value is -1.06. The summed E-state index contributed by atoms with van der Waals surface area (Å²) in [7, 11) is 1.75. The summed E-state index contributed by atoms with van der Waals surface area (Å²) < 4.78 is 5.11. The molecule has 0 unspecified atom stereocenters. The lowest BCUT2D eigenvalue weighted by atomic mass is 9.95. The quantitative estimate of drug-likeness (QED) is 0.256. The number of guanidine groups is 1. The number of carbonyl (C=O) groups is 2. The molecule has 156 valence electrons. The van der Waals surface area contributed by atoms with Crippen LogP contribution in [0.3, 0.4) is 0 Å². The van der Waals surface area contributed by atoms with Crippen LogP contribution in [-0.2, 0) is 14.3 Å². The van der Waals surface area contributed by atoms with Gasteiger partial charge in [0.1, 0.15) is 0 Å². The molecule has 2 aliphatic rings. The van der Waals surface area contributed by atoms with Crippen molar-refractivity contribution < 1.29 is 14.3 Å². The molecular formula is C19H35IN4O3.